The number of rotatable bonds is 6. The molecular weight excluding hydrogens is 309 g/mol. The molecule has 2 aromatic carbocycles. The Morgan fingerprint density at radius 2 is 1.67 bits per heavy atom. The number of halogens is 1. The van der Waals surface area contributed by atoms with Crippen molar-refractivity contribution < 1.29 is 12.8 Å². The third-order valence-electron chi connectivity index (χ3n) is 2.71. The first-order valence-electron chi connectivity index (χ1n) is 6.46. The molecule has 0 aromatic heterocycles. The Morgan fingerprint density at radius 3 is 2.24 bits per heavy atom. The molecule has 0 aliphatic rings. The second-order valence-corrected chi connectivity index (χ2v) is 7.50. The van der Waals surface area contributed by atoms with Gasteiger partial charge in [0.05, 0.1) is 5.75 Å². The molecular formula is C15H16FNO2S2. The number of benzene rings is 2. The quantitative estimate of drug-likeness (QED) is 0.820. The third kappa shape index (κ3) is 5.06. The van der Waals surface area contributed by atoms with Crippen LogP contribution in [-0.2, 0) is 15.8 Å². The van der Waals surface area contributed by atoms with Crippen molar-refractivity contribution in [2.24, 2.45) is 0 Å². The van der Waals surface area contributed by atoms with Gasteiger partial charge in [0, 0.05) is 10.6 Å². The van der Waals surface area contributed by atoms with Crippen molar-refractivity contribution in [3.63, 3.8) is 0 Å². The van der Waals surface area contributed by atoms with Crippen LogP contribution in [0, 0.1) is 5.82 Å². The summed E-state index contributed by atoms with van der Waals surface area (Å²) in [5.74, 6) is 0.405. The molecule has 112 valence electrons. The van der Waals surface area contributed by atoms with Crippen LogP contribution in [0.15, 0.2) is 53.4 Å². The van der Waals surface area contributed by atoms with E-state index in [-0.39, 0.29) is 11.6 Å². The van der Waals surface area contributed by atoms with Gasteiger partial charge in [0.25, 0.3) is 0 Å². The smallest absolute Gasteiger partial charge is 0.236 e. The fourth-order valence-electron chi connectivity index (χ4n) is 1.80. The molecule has 0 saturated heterocycles. The minimum atomic E-state index is -3.50. The van der Waals surface area contributed by atoms with Crippen LogP contribution in [0.4, 0.5) is 10.1 Å². The highest BCUT2D eigenvalue weighted by molar-refractivity contribution is 7.99. The largest absolute Gasteiger partial charge is 0.283 e. The lowest BCUT2D eigenvalue weighted by molar-refractivity contribution is 0.600. The van der Waals surface area contributed by atoms with Crippen molar-refractivity contribution in [1.29, 1.82) is 0 Å². The summed E-state index contributed by atoms with van der Waals surface area (Å²) >= 11 is 1.69. The summed E-state index contributed by atoms with van der Waals surface area (Å²) in [6.07, 6.45) is 0. The molecule has 0 aliphatic heterocycles. The molecule has 0 fully saturated rings. The van der Waals surface area contributed by atoms with E-state index in [0.29, 0.717) is 11.3 Å². The lowest BCUT2D eigenvalue weighted by atomic mass is 10.2. The number of hydrogen-bond donors (Lipinski definition) is 1. The van der Waals surface area contributed by atoms with Gasteiger partial charge in [-0.3, -0.25) is 4.72 Å². The minimum absolute atomic E-state index is 0.182. The molecule has 0 saturated carbocycles. The lowest BCUT2D eigenvalue weighted by Crippen LogP contribution is -2.15. The van der Waals surface area contributed by atoms with Crippen LogP contribution in [-0.4, -0.2) is 14.2 Å². The Balaban J connectivity index is 2.04. The van der Waals surface area contributed by atoms with Crippen LogP contribution in [0.3, 0.4) is 0 Å². The molecule has 0 radical (unpaired) electrons. The van der Waals surface area contributed by atoms with Crippen molar-refractivity contribution in [2.75, 3.05) is 10.5 Å². The normalized spacial score (nSPS) is 11.3. The standard InChI is InChI=1S/C15H16FNO2S2/c1-2-20-15-9-7-14(8-10-15)17-21(18,19)11-12-3-5-13(16)6-4-12/h3-10,17H,2,11H2,1H3. The summed E-state index contributed by atoms with van der Waals surface area (Å²) in [5.41, 5.74) is 1.07. The molecule has 0 bridgehead atoms. The Kier molecular flexibility index (Phi) is 5.25. The van der Waals surface area contributed by atoms with E-state index in [1.807, 2.05) is 12.1 Å². The minimum Gasteiger partial charge on any atom is -0.283 e. The van der Waals surface area contributed by atoms with Gasteiger partial charge in [-0.15, -0.1) is 11.8 Å². The van der Waals surface area contributed by atoms with E-state index in [1.165, 1.54) is 24.3 Å². The fourth-order valence-corrected chi connectivity index (χ4v) is 3.66. The van der Waals surface area contributed by atoms with E-state index < -0.39 is 10.0 Å². The van der Waals surface area contributed by atoms with Crippen LogP contribution in [0.1, 0.15) is 12.5 Å². The van der Waals surface area contributed by atoms with E-state index in [9.17, 15) is 12.8 Å². The van der Waals surface area contributed by atoms with Crippen molar-refractivity contribution >= 4 is 27.5 Å². The highest BCUT2D eigenvalue weighted by atomic mass is 32.2. The van der Waals surface area contributed by atoms with Crippen molar-refractivity contribution in [3.8, 4) is 0 Å². The van der Waals surface area contributed by atoms with Crippen LogP contribution >= 0.6 is 11.8 Å². The molecule has 0 heterocycles. The summed E-state index contributed by atoms with van der Waals surface area (Å²) < 4.78 is 39.4. The van der Waals surface area contributed by atoms with E-state index in [4.69, 9.17) is 0 Å². The van der Waals surface area contributed by atoms with Gasteiger partial charge in [-0.25, -0.2) is 12.8 Å². The van der Waals surface area contributed by atoms with Crippen molar-refractivity contribution in [1.82, 2.24) is 0 Å². The molecule has 1 N–H and O–H groups in total. The predicted octanol–water partition coefficient (Wildman–Crippen LogP) is 3.88. The van der Waals surface area contributed by atoms with E-state index >= 15 is 0 Å². The molecule has 2 aromatic rings. The highest BCUT2D eigenvalue weighted by Crippen LogP contribution is 2.21. The van der Waals surface area contributed by atoms with Gasteiger partial charge < -0.3 is 0 Å². The molecule has 2 rings (SSSR count). The highest BCUT2D eigenvalue weighted by Gasteiger charge is 2.11. The molecule has 3 nitrogen and oxygen atoms in total. The van der Waals surface area contributed by atoms with E-state index in [1.54, 1.807) is 23.9 Å². The van der Waals surface area contributed by atoms with Crippen molar-refractivity contribution in [2.45, 2.75) is 17.6 Å². The van der Waals surface area contributed by atoms with Gasteiger partial charge in [-0.2, -0.15) is 0 Å². The van der Waals surface area contributed by atoms with E-state index in [0.717, 1.165) is 10.6 Å². The van der Waals surface area contributed by atoms with Crippen LogP contribution in [0.2, 0.25) is 0 Å². The Morgan fingerprint density at radius 1 is 1.05 bits per heavy atom. The lowest BCUT2D eigenvalue weighted by Gasteiger charge is -2.09. The number of sulfonamides is 1. The zero-order valence-corrected chi connectivity index (χ0v) is 13.2. The van der Waals surface area contributed by atoms with E-state index in [2.05, 4.69) is 11.6 Å². The topological polar surface area (TPSA) is 46.2 Å². The molecule has 0 aliphatic carbocycles. The van der Waals surface area contributed by atoms with Crippen LogP contribution in [0.25, 0.3) is 0 Å². The third-order valence-corrected chi connectivity index (χ3v) is 4.86. The second-order valence-electron chi connectivity index (χ2n) is 4.45. The Hall–Kier alpha value is -1.53. The predicted molar refractivity (Wildman–Crippen MR) is 85.5 cm³/mol. The summed E-state index contributed by atoms with van der Waals surface area (Å²) in [6.45, 7) is 2.06. The summed E-state index contributed by atoms with van der Waals surface area (Å²) in [4.78, 5) is 1.10. The van der Waals surface area contributed by atoms with Crippen molar-refractivity contribution in [3.05, 3.63) is 59.9 Å². The average Bonchev–Trinajstić information content (AvgIpc) is 2.43. The van der Waals surface area contributed by atoms with Gasteiger partial charge >= 0.3 is 0 Å². The van der Waals surface area contributed by atoms with Gasteiger partial charge in [-0.05, 0) is 47.7 Å². The number of anilines is 1. The van der Waals surface area contributed by atoms with Gasteiger partial charge in [0.2, 0.25) is 10.0 Å². The van der Waals surface area contributed by atoms with Gasteiger partial charge in [-0.1, -0.05) is 19.1 Å². The number of hydrogen-bond acceptors (Lipinski definition) is 3. The Bertz CT molecular complexity index is 683. The number of thioether (sulfide) groups is 1. The number of nitrogens with one attached hydrogen (secondary N) is 1. The van der Waals surface area contributed by atoms with Crippen LogP contribution < -0.4 is 4.72 Å². The molecule has 21 heavy (non-hydrogen) atoms. The zero-order chi connectivity index (χ0) is 15.3. The monoisotopic (exact) mass is 325 g/mol. The summed E-state index contributed by atoms with van der Waals surface area (Å²) in [6, 6.07) is 12.7. The molecule has 0 amide bonds. The zero-order valence-electron chi connectivity index (χ0n) is 11.5. The second kappa shape index (κ2) is 6.95. The first kappa shape index (κ1) is 15.9. The van der Waals surface area contributed by atoms with Gasteiger partial charge in [0.1, 0.15) is 5.82 Å². The first-order chi connectivity index (χ1) is 9.98. The summed E-state index contributed by atoms with van der Waals surface area (Å²) in [7, 11) is -3.50. The first-order valence-corrected chi connectivity index (χ1v) is 9.10. The van der Waals surface area contributed by atoms with Crippen LogP contribution in [0.5, 0.6) is 0 Å². The maximum Gasteiger partial charge on any atom is 0.236 e. The fraction of sp³-hybridized carbons (Fsp3) is 0.200. The van der Waals surface area contributed by atoms with Gasteiger partial charge in [0.15, 0.2) is 0 Å². The SMILES string of the molecule is CCSc1ccc(NS(=O)(=O)Cc2ccc(F)cc2)cc1. The molecule has 0 atom stereocenters. The molecule has 6 heteroatoms. The Labute approximate surface area is 128 Å². The molecule has 0 spiro atoms. The summed E-state index contributed by atoms with van der Waals surface area (Å²) in [5, 5.41) is 0. The molecule has 0 unspecified atom stereocenters. The maximum absolute atomic E-state index is 12.8. The average molecular weight is 325 g/mol. The maximum atomic E-state index is 12.8.